The number of carbonyl (C=O) groups is 2. The lowest BCUT2D eigenvalue weighted by Crippen LogP contribution is -2.42. The molecule has 0 radical (unpaired) electrons. The number of halogens is 2. The zero-order valence-corrected chi connectivity index (χ0v) is 14.2. The van der Waals surface area contributed by atoms with E-state index in [1.54, 1.807) is 18.2 Å². The van der Waals surface area contributed by atoms with Crippen molar-refractivity contribution in [1.29, 1.82) is 0 Å². The lowest BCUT2D eigenvalue weighted by molar-refractivity contribution is -0.130. The average molecular weight is 404 g/mol. The van der Waals surface area contributed by atoms with Gasteiger partial charge in [-0.15, -0.1) is 0 Å². The molecule has 1 saturated heterocycles. The highest BCUT2D eigenvalue weighted by Crippen LogP contribution is 2.21. The van der Waals surface area contributed by atoms with Gasteiger partial charge in [0, 0.05) is 22.0 Å². The Morgan fingerprint density at radius 2 is 1.85 bits per heavy atom. The molecule has 1 aliphatic rings. The second-order valence-corrected chi connectivity index (χ2v) is 6.52. The fourth-order valence-electron chi connectivity index (χ4n) is 2.18. The third-order valence-corrected chi connectivity index (χ3v) is 4.43. The second-order valence-electron chi connectivity index (χ2n) is 4.75. The molecule has 1 fully saturated rings. The minimum absolute atomic E-state index is 0.00807. The van der Waals surface area contributed by atoms with Crippen LogP contribution in [0.4, 0.5) is 0 Å². The van der Waals surface area contributed by atoms with Crippen LogP contribution in [0, 0.1) is 0 Å². The van der Waals surface area contributed by atoms with Crippen LogP contribution in [0.1, 0.15) is 29.6 Å². The van der Waals surface area contributed by atoms with E-state index >= 15 is 0 Å². The van der Waals surface area contributed by atoms with Crippen molar-refractivity contribution < 1.29 is 9.59 Å². The molecule has 1 aromatic carbocycles. The topological polar surface area (TPSA) is 49.4 Å². The number of hydrogen-bond donors (Lipinski definition) is 1. The monoisotopic (exact) mass is 402 g/mol. The van der Waals surface area contributed by atoms with Gasteiger partial charge in [0.2, 0.25) is 5.91 Å². The van der Waals surface area contributed by atoms with Crippen LogP contribution in [0.15, 0.2) is 27.1 Å². The van der Waals surface area contributed by atoms with E-state index in [0.717, 1.165) is 30.4 Å². The summed E-state index contributed by atoms with van der Waals surface area (Å²) >= 11 is 6.68. The third kappa shape index (κ3) is 4.06. The summed E-state index contributed by atoms with van der Waals surface area (Å²) in [5.74, 6) is -0.249. The Morgan fingerprint density at radius 3 is 2.50 bits per heavy atom. The van der Waals surface area contributed by atoms with Crippen molar-refractivity contribution in [3.63, 3.8) is 0 Å². The molecule has 108 valence electrons. The smallest absolute Gasteiger partial charge is 0.252 e. The first kappa shape index (κ1) is 15.5. The fraction of sp³-hybridized carbons (Fsp3) is 0.429. The van der Waals surface area contributed by atoms with Gasteiger partial charge < -0.3 is 10.2 Å². The van der Waals surface area contributed by atoms with Gasteiger partial charge in [-0.1, -0.05) is 15.9 Å². The molecule has 0 unspecified atom stereocenters. The quantitative estimate of drug-likeness (QED) is 0.843. The molecule has 4 nitrogen and oxygen atoms in total. The van der Waals surface area contributed by atoms with Gasteiger partial charge in [0.1, 0.15) is 0 Å². The Morgan fingerprint density at radius 1 is 1.15 bits per heavy atom. The molecule has 2 rings (SSSR count). The molecule has 0 atom stereocenters. The molecule has 6 heteroatoms. The van der Waals surface area contributed by atoms with Gasteiger partial charge in [-0.3, -0.25) is 9.59 Å². The summed E-state index contributed by atoms with van der Waals surface area (Å²) in [6.07, 6.45) is 3.29. The minimum Gasteiger partial charge on any atom is -0.343 e. The van der Waals surface area contributed by atoms with Crippen molar-refractivity contribution in [3.8, 4) is 0 Å². The number of piperidine rings is 1. The predicted octanol–water partition coefficient (Wildman–Crippen LogP) is 2.95. The zero-order chi connectivity index (χ0) is 14.5. The van der Waals surface area contributed by atoms with Crippen LogP contribution in [-0.4, -0.2) is 36.3 Å². The van der Waals surface area contributed by atoms with E-state index in [0.29, 0.717) is 10.0 Å². The van der Waals surface area contributed by atoms with Crippen molar-refractivity contribution in [3.05, 3.63) is 32.7 Å². The van der Waals surface area contributed by atoms with Crippen molar-refractivity contribution in [1.82, 2.24) is 10.2 Å². The van der Waals surface area contributed by atoms with Crippen LogP contribution in [0.3, 0.4) is 0 Å². The Bertz CT molecular complexity index is 514. The number of nitrogens with one attached hydrogen (secondary N) is 1. The Kier molecular flexibility index (Phi) is 5.60. The summed E-state index contributed by atoms with van der Waals surface area (Å²) in [6, 6.07) is 5.32. The third-order valence-electron chi connectivity index (χ3n) is 3.28. The fourth-order valence-corrected chi connectivity index (χ4v) is 3.41. The largest absolute Gasteiger partial charge is 0.343 e. The van der Waals surface area contributed by atoms with E-state index < -0.39 is 0 Å². The SMILES string of the molecule is O=C(NCC(=O)N1CCCCC1)c1ccc(Br)cc1Br. The van der Waals surface area contributed by atoms with Crippen molar-refractivity contribution in [2.75, 3.05) is 19.6 Å². The highest BCUT2D eigenvalue weighted by Gasteiger charge is 2.18. The van der Waals surface area contributed by atoms with E-state index in [4.69, 9.17) is 0 Å². The summed E-state index contributed by atoms with van der Waals surface area (Å²) < 4.78 is 1.60. The number of benzene rings is 1. The van der Waals surface area contributed by atoms with Crippen LogP contribution in [0.5, 0.6) is 0 Å². The van der Waals surface area contributed by atoms with Crippen molar-refractivity contribution >= 4 is 43.7 Å². The summed E-state index contributed by atoms with van der Waals surface area (Å²) in [7, 11) is 0. The molecule has 1 heterocycles. The first-order chi connectivity index (χ1) is 9.58. The molecule has 2 amide bonds. The number of carbonyl (C=O) groups excluding carboxylic acids is 2. The molecule has 0 aromatic heterocycles. The molecule has 1 aliphatic heterocycles. The summed E-state index contributed by atoms with van der Waals surface area (Å²) in [5, 5.41) is 2.68. The maximum Gasteiger partial charge on any atom is 0.252 e. The molecule has 0 spiro atoms. The Labute approximate surface area is 135 Å². The summed E-state index contributed by atoms with van der Waals surface area (Å²) in [4.78, 5) is 25.8. The summed E-state index contributed by atoms with van der Waals surface area (Å²) in [5.41, 5.74) is 0.527. The van der Waals surface area contributed by atoms with Gasteiger partial charge in [-0.25, -0.2) is 0 Å². The van der Waals surface area contributed by atoms with E-state index in [-0.39, 0.29) is 18.4 Å². The molecule has 1 aromatic rings. The zero-order valence-electron chi connectivity index (χ0n) is 11.0. The average Bonchev–Trinajstić information content (AvgIpc) is 2.45. The van der Waals surface area contributed by atoms with Crippen LogP contribution in [-0.2, 0) is 4.79 Å². The van der Waals surface area contributed by atoms with Crippen LogP contribution in [0.25, 0.3) is 0 Å². The van der Waals surface area contributed by atoms with Gasteiger partial charge in [-0.05, 0) is 53.4 Å². The number of nitrogens with zero attached hydrogens (tertiary/aromatic N) is 1. The standard InChI is InChI=1S/C14H16Br2N2O2/c15-10-4-5-11(12(16)8-10)14(20)17-9-13(19)18-6-2-1-3-7-18/h4-5,8H,1-3,6-7,9H2,(H,17,20). The number of hydrogen-bond acceptors (Lipinski definition) is 2. The highest BCUT2D eigenvalue weighted by atomic mass is 79.9. The molecule has 20 heavy (non-hydrogen) atoms. The molecule has 0 aliphatic carbocycles. The first-order valence-electron chi connectivity index (χ1n) is 6.59. The second kappa shape index (κ2) is 7.22. The lowest BCUT2D eigenvalue weighted by atomic mass is 10.1. The number of rotatable bonds is 3. The highest BCUT2D eigenvalue weighted by molar-refractivity contribution is 9.11. The lowest BCUT2D eigenvalue weighted by Gasteiger charge is -2.26. The van der Waals surface area contributed by atoms with Crippen LogP contribution >= 0.6 is 31.9 Å². The van der Waals surface area contributed by atoms with Gasteiger partial charge in [0.15, 0.2) is 0 Å². The van der Waals surface area contributed by atoms with Gasteiger partial charge in [-0.2, -0.15) is 0 Å². The van der Waals surface area contributed by atoms with Crippen LogP contribution in [0.2, 0.25) is 0 Å². The summed E-state index contributed by atoms with van der Waals surface area (Å²) in [6.45, 7) is 1.66. The maximum absolute atomic E-state index is 12.0. The van der Waals surface area contributed by atoms with E-state index in [2.05, 4.69) is 37.2 Å². The maximum atomic E-state index is 12.0. The molecular formula is C14H16Br2N2O2. The molecular weight excluding hydrogens is 388 g/mol. The Balaban J connectivity index is 1.89. The van der Waals surface area contributed by atoms with E-state index in [1.807, 2.05) is 4.90 Å². The molecule has 1 N–H and O–H groups in total. The molecule has 0 bridgehead atoms. The minimum atomic E-state index is -0.241. The van der Waals surface area contributed by atoms with Crippen molar-refractivity contribution in [2.45, 2.75) is 19.3 Å². The first-order valence-corrected chi connectivity index (χ1v) is 8.17. The predicted molar refractivity (Wildman–Crippen MR) is 84.6 cm³/mol. The van der Waals surface area contributed by atoms with Crippen molar-refractivity contribution in [2.24, 2.45) is 0 Å². The molecule has 0 saturated carbocycles. The number of likely N-dealkylation sites (tertiary alicyclic amines) is 1. The van der Waals surface area contributed by atoms with Gasteiger partial charge in [0.05, 0.1) is 12.1 Å². The van der Waals surface area contributed by atoms with Gasteiger partial charge >= 0.3 is 0 Å². The normalized spacial score (nSPS) is 15.0. The van der Waals surface area contributed by atoms with E-state index in [1.165, 1.54) is 6.42 Å². The Hall–Kier alpha value is -0.880. The van der Waals surface area contributed by atoms with E-state index in [9.17, 15) is 9.59 Å². The number of amides is 2. The van der Waals surface area contributed by atoms with Gasteiger partial charge in [0.25, 0.3) is 5.91 Å². The van der Waals surface area contributed by atoms with Crippen LogP contribution < -0.4 is 5.32 Å².